The molecule has 13 heteroatoms. The zero-order chi connectivity index (χ0) is 41.2. The zero-order valence-electron chi connectivity index (χ0n) is 36.1. The molecule has 0 aliphatic carbocycles. The van der Waals surface area contributed by atoms with E-state index in [0.717, 1.165) is 5.57 Å². The number of aliphatic hydroxyl groups is 3. The Morgan fingerprint density at radius 2 is 1.69 bits per heavy atom. The molecule has 0 saturated carbocycles. The van der Waals surface area contributed by atoms with Crippen molar-refractivity contribution >= 4 is 5.97 Å². The highest BCUT2D eigenvalue weighted by molar-refractivity contribution is 5.73. The number of hydrogen-bond acceptors (Lipinski definition) is 13. The first-order chi connectivity index (χ1) is 25.6. The first-order valence-electron chi connectivity index (χ1n) is 20.7. The molecule has 4 N–H and O–H groups in total. The van der Waals surface area contributed by atoms with E-state index < -0.39 is 83.8 Å². The van der Waals surface area contributed by atoms with Gasteiger partial charge < -0.3 is 58.7 Å². The van der Waals surface area contributed by atoms with Crippen molar-refractivity contribution in [2.24, 2.45) is 23.7 Å². The minimum Gasteiger partial charge on any atom is -0.459 e. The summed E-state index contributed by atoms with van der Waals surface area (Å²) in [4.78, 5) is 16.5. The quantitative estimate of drug-likeness (QED) is 0.216. The van der Waals surface area contributed by atoms with Crippen LogP contribution in [0.3, 0.4) is 0 Å². The van der Waals surface area contributed by atoms with E-state index in [2.05, 4.69) is 25.7 Å². The summed E-state index contributed by atoms with van der Waals surface area (Å²) in [5.74, 6) is -2.19. The first kappa shape index (κ1) is 46.5. The molecule has 2 bridgehead atoms. The van der Waals surface area contributed by atoms with Crippen LogP contribution in [-0.2, 0) is 38.0 Å². The minimum absolute atomic E-state index is 0.0281. The molecule has 0 radical (unpaired) electrons. The second-order valence-corrected chi connectivity index (χ2v) is 18.4. The SMILES string of the molecule is C=C1CC[C@@H]2[C@@H](C)CN[C@H](C)C[C@@](C)(OC1)[C@H](O[C@@H]1O[C@H](C)C[C@H](N(C)C)[C@H]1O)[C@@H](C)[C@H](O[C@H]1C[C@@](C)(OC)[C@@H](O)[C@H](C)O1)[C@@H](C)C(=O)O[C@H](CC)[C@@]2(C)O. The molecule has 0 aromatic carbocycles. The van der Waals surface area contributed by atoms with E-state index in [4.69, 9.17) is 33.2 Å². The molecule has 0 amide bonds. The Morgan fingerprint density at radius 1 is 1.02 bits per heavy atom. The lowest BCUT2D eigenvalue weighted by molar-refractivity contribution is -0.320. The molecule has 5 saturated heterocycles. The van der Waals surface area contributed by atoms with Crippen LogP contribution < -0.4 is 5.32 Å². The molecule has 5 fully saturated rings. The van der Waals surface area contributed by atoms with E-state index in [1.165, 1.54) is 0 Å². The Bertz CT molecular complexity index is 1270. The van der Waals surface area contributed by atoms with Crippen LogP contribution in [-0.4, -0.2) is 145 Å². The lowest BCUT2D eigenvalue weighted by Crippen LogP contribution is -2.61. The normalized spacial score (nSPS) is 48.6. The number of rotatable bonds is 7. The largest absolute Gasteiger partial charge is 0.459 e. The molecular formula is C42H76N2O11. The van der Waals surface area contributed by atoms with Crippen molar-refractivity contribution in [2.75, 3.05) is 34.4 Å². The fourth-order valence-electron chi connectivity index (χ4n) is 9.82. The average molecular weight is 785 g/mol. The smallest absolute Gasteiger partial charge is 0.311 e. The summed E-state index contributed by atoms with van der Waals surface area (Å²) >= 11 is 0. The third-order valence-corrected chi connectivity index (χ3v) is 13.4. The Hall–Kier alpha value is -1.23. The molecular weight excluding hydrogens is 708 g/mol. The van der Waals surface area contributed by atoms with Gasteiger partial charge in [-0.2, -0.15) is 0 Å². The number of nitrogens with one attached hydrogen (secondary N) is 1. The van der Waals surface area contributed by atoms with Crippen molar-refractivity contribution in [3.63, 3.8) is 0 Å². The van der Waals surface area contributed by atoms with Crippen LogP contribution >= 0.6 is 0 Å². The monoisotopic (exact) mass is 785 g/mol. The van der Waals surface area contributed by atoms with E-state index in [9.17, 15) is 20.1 Å². The van der Waals surface area contributed by atoms with E-state index in [1.54, 1.807) is 27.9 Å². The molecule has 18 atom stereocenters. The minimum atomic E-state index is -1.35. The number of aliphatic hydroxyl groups excluding tert-OH is 2. The summed E-state index contributed by atoms with van der Waals surface area (Å²) in [6, 6.07) is -0.288. The number of hydrogen-bond donors (Lipinski definition) is 4. The fourth-order valence-corrected chi connectivity index (χ4v) is 9.82. The zero-order valence-corrected chi connectivity index (χ0v) is 36.1. The van der Waals surface area contributed by atoms with Crippen molar-refractivity contribution in [2.45, 2.75) is 192 Å². The van der Waals surface area contributed by atoms with Gasteiger partial charge in [-0.05, 0) is 113 Å². The molecule has 5 aliphatic heterocycles. The van der Waals surface area contributed by atoms with Gasteiger partial charge in [0.1, 0.15) is 23.9 Å². The van der Waals surface area contributed by atoms with Crippen molar-refractivity contribution in [1.29, 1.82) is 0 Å². The van der Waals surface area contributed by atoms with Crippen LogP contribution in [0.2, 0.25) is 0 Å². The third-order valence-electron chi connectivity index (χ3n) is 13.4. The molecule has 5 rings (SSSR count). The third kappa shape index (κ3) is 10.5. The fraction of sp³-hybridized carbons (Fsp3) is 0.929. The van der Waals surface area contributed by atoms with Crippen LogP contribution in [0.25, 0.3) is 0 Å². The molecule has 13 nitrogen and oxygen atoms in total. The molecule has 0 unspecified atom stereocenters. The van der Waals surface area contributed by atoms with Crippen molar-refractivity contribution in [1.82, 2.24) is 10.2 Å². The standard InChI is InChI=1S/C42H76N2O11/c1-15-32-42(11,48)30-17-16-23(2)22-50-41(10,19-25(4)43-21-24(30)3)37(55-39-34(45)31(44(12)13)18-26(5)51-39)27(6)35(28(7)38(47)53-32)54-33-20-40(9,49-14)36(46)29(8)52-33/h24-37,39,43,45-46,48H,2,15-22H2,1,3-14H3/t24-,25+,26+,27-,28+,29-,30+,31-,32+,33-,34+,35-,36-,37+,39-,40+,41+,42-/m0/s1. The van der Waals surface area contributed by atoms with Gasteiger partial charge in [0.05, 0.1) is 48.1 Å². The summed E-state index contributed by atoms with van der Waals surface area (Å²) in [5.41, 5.74) is -2.47. The van der Waals surface area contributed by atoms with Gasteiger partial charge in [0.25, 0.3) is 0 Å². The summed E-state index contributed by atoms with van der Waals surface area (Å²) in [6.07, 6.45) is -4.14. The molecule has 5 aliphatic rings. The molecule has 0 aromatic heterocycles. The highest BCUT2D eigenvalue weighted by Crippen LogP contribution is 2.42. The average Bonchev–Trinajstić information content (AvgIpc) is 3.11. The predicted molar refractivity (Wildman–Crippen MR) is 209 cm³/mol. The molecule has 320 valence electrons. The van der Waals surface area contributed by atoms with Crippen LogP contribution in [0.4, 0.5) is 0 Å². The van der Waals surface area contributed by atoms with Crippen LogP contribution in [0.1, 0.15) is 108 Å². The van der Waals surface area contributed by atoms with Gasteiger partial charge in [0, 0.05) is 31.5 Å². The molecule has 0 spiro atoms. The molecule has 5 heterocycles. The predicted octanol–water partition coefficient (Wildman–Crippen LogP) is 4.19. The maximum Gasteiger partial charge on any atom is 0.311 e. The second kappa shape index (κ2) is 18.8. The number of carbonyl (C=O) groups excluding carboxylic acids is 1. The van der Waals surface area contributed by atoms with E-state index in [-0.39, 0.29) is 43.1 Å². The first-order valence-corrected chi connectivity index (χ1v) is 20.7. The highest BCUT2D eigenvalue weighted by atomic mass is 16.7. The lowest BCUT2D eigenvalue weighted by Gasteiger charge is -2.50. The number of ether oxygens (including phenoxy) is 7. The van der Waals surface area contributed by atoms with Crippen molar-refractivity contribution in [3.05, 3.63) is 12.2 Å². The molecule has 55 heavy (non-hydrogen) atoms. The van der Waals surface area contributed by atoms with Gasteiger partial charge >= 0.3 is 5.97 Å². The summed E-state index contributed by atoms with van der Waals surface area (Å²) in [6.45, 7) is 24.6. The van der Waals surface area contributed by atoms with Crippen molar-refractivity contribution < 1.29 is 53.3 Å². The number of nitrogens with zero attached hydrogens (tertiary/aromatic N) is 1. The van der Waals surface area contributed by atoms with Gasteiger partial charge in [-0.25, -0.2) is 0 Å². The Kier molecular flexibility index (Phi) is 15.9. The maximum atomic E-state index is 14.5. The van der Waals surface area contributed by atoms with Gasteiger partial charge in [0.15, 0.2) is 12.6 Å². The maximum absolute atomic E-state index is 14.5. The topological polar surface area (TPSA) is 158 Å². The van der Waals surface area contributed by atoms with E-state index in [0.29, 0.717) is 38.6 Å². The van der Waals surface area contributed by atoms with Crippen LogP contribution in [0.15, 0.2) is 12.2 Å². The Labute approximate surface area is 331 Å². The van der Waals surface area contributed by atoms with Crippen LogP contribution in [0, 0.1) is 23.7 Å². The Balaban J connectivity index is 1.91. The van der Waals surface area contributed by atoms with E-state index in [1.807, 2.05) is 53.6 Å². The highest BCUT2D eigenvalue weighted by Gasteiger charge is 2.53. The number of methoxy groups -OCH3 is 1. The van der Waals surface area contributed by atoms with Gasteiger partial charge in [-0.3, -0.25) is 4.79 Å². The van der Waals surface area contributed by atoms with Gasteiger partial charge in [-0.1, -0.05) is 32.9 Å². The summed E-state index contributed by atoms with van der Waals surface area (Å²) in [5, 5.41) is 38.9. The number of carbonyl (C=O) groups is 1. The summed E-state index contributed by atoms with van der Waals surface area (Å²) in [7, 11) is 5.42. The second-order valence-electron chi connectivity index (χ2n) is 18.4. The van der Waals surface area contributed by atoms with Gasteiger partial charge in [-0.15, -0.1) is 0 Å². The lowest BCUT2D eigenvalue weighted by atomic mass is 9.73. The number of fused-ring (bicyclic) bond motifs is 15. The van der Waals surface area contributed by atoms with Crippen LogP contribution in [0.5, 0.6) is 0 Å². The number of esters is 1. The summed E-state index contributed by atoms with van der Waals surface area (Å²) < 4.78 is 45.8. The Morgan fingerprint density at radius 3 is 2.31 bits per heavy atom. The number of likely N-dealkylation sites (N-methyl/N-ethyl adjacent to an activating group) is 1. The van der Waals surface area contributed by atoms with Gasteiger partial charge in [0.2, 0.25) is 0 Å². The van der Waals surface area contributed by atoms with E-state index >= 15 is 0 Å². The molecule has 0 aromatic rings. The van der Waals surface area contributed by atoms with Crippen molar-refractivity contribution in [3.8, 4) is 0 Å².